The summed E-state index contributed by atoms with van der Waals surface area (Å²) in [6.45, 7) is 5.08. The van der Waals surface area contributed by atoms with Crippen molar-refractivity contribution in [3.05, 3.63) is 29.3 Å². The number of ether oxygens (including phenoxy) is 2. The van der Waals surface area contributed by atoms with Crippen LogP contribution in [0.25, 0.3) is 0 Å². The normalized spacial score (nSPS) is 15.6. The van der Waals surface area contributed by atoms with Crippen LogP contribution >= 0.6 is 0 Å². The molecule has 1 aliphatic rings. The first-order valence-corrected chi connectivity index (χ1v) is 6.52. The van der Waals surface area contributed by atoms with E-state index in [1.54, 1.807) is 13.8 Å². The van der Waals surface area contributed by atoms with Gasteiger partial charge in [0, 0.05) is 30.8 Å². The molecule has 0 saturated carbocycles. The largest absolute Gasteiger partial charge is 0.415 e. The molecule has 1 aromatic rings. The highest BCUT2D eigenvalue weighted by Crippen LogP contribution is 2.26. The van der Waals surface area contributed by atoms with Crippen LogP contribution in [0, 0.1) is 11.6 Å². The number of morpholine rings is 1. The standard InChI is InChI=1S/C14H17F2NO3/c1-9(2)13-11(15)7-10(8-12(13)16)20-14(18)17-3-5-19-6-4-17/h7-9H,3-6H2,1-2H3. The minimum atomic E-state index is -0.704. The number of rotatable bonds is 2. The van der Waals surface area contributed by atoms with Crippen molar-refractivity contribution in [2.24, 2.45) is 0 Å². The van der Waals surface area contributed by atoms with Crippen LogP contribution in [0.2, 0.25) is 0 Å². The topological polar surface area (TPSA) is 38.8 Å². The van der Waals surface area contributed by atoms with Gasteiger partial charge >= 0.3 is 6.09 Å². The van der Waals surface area contributed by atoms with Crippen LogP contribution in [0.15, 0.2) is 12.1 Å². The fourth-order valence-corrected chi connectivity index (χ4v) is 2.08. The quantitative estimate of drug-likeness (QED) is 0.838. The van der Waals surface area contributed by atoms with Gasteiger partial charge in [0.2, 0.25) is 0 Å². The first-order chi connectivity index (χ1) is 9.49. The SMILES string of the molecule is CC(C)c1c(F)cc(OC(=O)N2CCOCC2)cc1F. The van der Waals surface area contributed by atoms with Gasteiger partial charge in [0.25, 0.3) is 0 Å². The second-order valence-electron chi connectivity index (χ2n) is 4.92. The molecule has 0 atom stereocenters. The number of nitrogens with zero attached hydrogens (tertiary/aromatic N) is 1. The number of carbonyl (C=O) groups is 1. The molecule has 0 aromatic heterocycles. The monoisotopic (exact) mass is 285 g/mol. The third-order valence-electron chi connectivity index (χ3n) is 3.10. The van der Waals surface area contributed by atoms with E-state index in [4.69, 9.17) is 9.47 Å². The minimum Gasteiger partial charge on any atom is -0.410 e. The molecule has 0 bridgehead atoms. The van der Waals surface area contributed by atoms with Crippen molar-refractivity contribution in [2.45, 2.75) is 19.8 Å². The third-order valence-corrected chi connectivity index (χ3v) is 3.10. The molecule has 6 heteroatoms. The van der Waals surface area contributed by atoms with E-state index in [0.29, 0.717) is 26.3 Å². The van der Waals surface area contributed by atoms with Crippen LogP contribution in [-0.2, 0) is 4.74 Å². The lowest BCUT2D eigenvalue weighted by Crippen LogP contribution is -2.42. The number of benzene rings is 1. The average molecular weight is 285 g/mol. The van der Waals surface area contributed by atoms with Crippen LogP contribution in [0.4, 0.5) is 13.6 Å². The fourth-order valence-electron chi connectivity index (χ4n) is 2.08. The zero-order valence-electron chi connectivity index (χ0n) is 11.5. The molecule has 110 valence electrons. The maximum absolute atomic E-state index is 13.8. The van der Waals surface area contributed by atoms with Gasteiger partial charge in [-0.05, 0) is 5.92 Å². The average Bonchev–Trinajstić information content (AvgIpc) is 2.38. The Hall–Kier alpha value is -1.69. The lowest BCUT2D eigenvalue weighted by molar-refractivity contribution is 0.0415. The summed E-state index contributed by atoms with van der Waals surface area (Å²) >= 11 is 0. The Kier molecular flexibility index (Phi) is 4.54. The number of carbonyl (C=O) groups excluding carboxylic acids is 1. The van der Waals surface area contributed by atoms with Gasteiger partial charge < -0.3 is 14.4 Å². The lowest BCUT2D eigenvalue weighted by atomic mass is 10.0. The summed E-state index contributed by atoms with van der Waals surface area (Å²) in [6, 6.07) is 2.08. The molecule has 1 saturated heterocycles. The van der Waals surface area contributed by atoms with Crippen LogP contribution in [-0.4, -0.2) is 37.3 Å². The highest BCUT2D eigenvalue weighted by Gasteiger charge is 2.21. The maximum atomic E-state index is 13.8. The van der Waals surface area contributed by atoms with E-state index in [2.05, 4.69) is 0 Å². The summed E-state index contributed by atoms with van der Waals surface area (Å²) in [5, 5.41) is 0. The first kappa shape index (κ1) is 14.7. The minimum absolute atomic E-state index is 0.00354. The Morgan fingerprint density at radius 2 is 1.80 bits per heavy atom. The molecule has 2 rings (SSSR count). The Labute approximate surface area is 116 Å². The van der Waals surface area contributed by atoms with Gasteiger partial charge in [-0.15, -0.1) is 0 Å². The molecule has 0 unspecified atom stereocenters. The predicted molar refractivity (Wildman–Crippen MR) is 68.9 cm³/mol. The lowest BCUT2D eigenvalue weighted by Gasteiger charge is -2.25. The maximum Gasteiger partial charge on any atom is 0.415 e. The summed E-state index contributed by atoms with van der Waals surface area (Å²) in [6.07, 6.45) is -0.621. The van der Waals surface area contributed by atoms with Gasteiger partial charge in [-0.1, -0.05) is 13.8 Å². The van der Waals surface area contributed by atoms with Crippen LogP contribution in [0.1, 0.15) is 25.3 Å². The highest BCUT2D eigenvalue weighted by atomic mass is 19.1. The van der Waals surface area contributed by atoms with Gasteiger partial charge in [0.05, 0.1) is 13.2 Å². The Morgan fingerprint density at radius 1 is 1.25 bits per heavy atom. The third kappa shape index (κ3) is 3.25. The zero-order valence-corrected chi connectivity index (χ0v) is 11.5. The zero-order chi connectivity index (χ0) is 14.7. The molecule has 1 aliphatic heterocycles. The van der Waals surface area contributed by atoms with E-state index in [-0.39, 0.29) is 17.2 Å². The van der Waals surface area contributed by atoms with E-state index < -0.39 is 17.7 Å². The second-order valence-corrected chi connectivity index (χ2v) is 4.92. The molecule has 1 fully saturated rings. The Balaban J connectivity index is 2.11. The molecule has 0 N–H and O–H groups in total. The van der Waals surface area contributed by atoms with E-state index in [1.807, 2.05) is 0 Å². The molecular formula is C14H17F2NO3. The van der Waals surface area contributed by atoms with Crippen molar-refractivity contribution in [3.8, 4) is 5.75 Å². The summed E-state index contributed by atoms with van der Waals surface area (Å²) in [5.41, 5.74) is -0.00354. The van der Waals surface area contributed by atoms with E-state index >= 15 is 0 Å². The first-order valence-electron chi connectivity index (χ1n) is 6.52. The van der Waals surface area contributed by atoms with Crippen molar-refractivity contribution < 1.29 is 23.0 Å². The summed E-state index contributed by atoms with van der Waals surface area (Å²) < 4.78 is 37.7. The Bertz CT molecular complexity index is 476. The van der Waals surface area contributed by atoms with Crippen LogP contribution < -0.4 is 4.74 Å². The fraction of sp³-hybridized carbons (Fsp3) is 0.500. The van der Waals surface area contributed by atoms with Crippen LogP contribution in [0.3, 0.4) is 0 Å². The van der Waals surface area contributed by atoms with Crippen LogP contribution in [0.5, 0.6) is 5.75 Å². The number of hydrogen-bond donors (Lipinski definition) is 0. The second kappa shape index (κ2) is 6.17. The van der Waals surface area contributed by atoms with Crippen molar-refractivity contribution >= 4 is 6.09 Å². The van der Waals surface area contributed by atoms with Crippen molar-refractivity contribution in [3.63, 3.8) is 0 Å². The smallest absolute Gasteiger partial charge is 0.410 e. The summed E-state index contributed by atoms with van der Waals surface area (Å²) in [7, 11) is 0. The highest BCUT2D eigenvalue weighted by molar-refractivity contribution is 5.70. The molecule has 0 aliphatic carbocycles. The molecule has 0 spiro atoms. The molecule has 1 heterocycles. The molecule has 0 radical (unpaired) electrons. The summed E-state index contributed by atoms with van der Waals surface area (Å²) in [4.78, 5) is 13.3. The summed E-state index contributed by atoms with van der Waals surface area (Å²) in [5.74, 6) is -1.81. The van der Waals surface area contributed by atoms with E-state index in [0.717, 1.165) is 12.1 Å². The predicted octanol–water partition coefficient (Wildman–Crippen LogP) is 2.92. The number of halogens is 2. The van der Waals surface area contributed by atoms with Gasteiger partial charge in [-0.25, -0.2) is 13.6 Å². The molecule has 1 amide bonds. The number of hydrogen-bond acceptors (Lipinski definition) is 3. The van der Waals surface area contributed by atoms with E-state index in [1.165, 1.54) is 4.90 Å². The van der Waals surface area contributed by atoms with Gasteiger partial charge in [0.15, 0.2) is 0 Å². The van der Waals surface area contributed by atoms with Crippen molar-refractivity contribution in [1.82, 2.24) is 4.90 Å². The van der Waals surface area contributed by atoms with Gasteiger partial charge in [0.1, 0.15) is 17.4 Å². The molecule has 1 aromatic carbocycles. The molecular weight excluding hydrogens is 268 g/mol. The Morgan fingerprint density at radius 3 is 2.30 bits per heavy atom. The van der Waals surface area contributed by atoms with Crippen molar-refractivity contribution in [2.75, 3.05) is 26.3 Å². The molecule has 4 nitrogen and oxygen atoms in total. The van der Waals surface area contributed by atoms with E-state index in [9.17, 15) is 13.6 Å². The van der Waals surface area contributed by atoms with Gasteiger partial charge in [-0.2, -0.15) is 0 Å². The molecule has 20 heavy (non-hydrogen) atoms. The van der Waals surface area contributed by atoms with Crippen molar-refractivity contribution in [1.29, 1.82) is 0 Å². The number of amides is 1. The van der Waals surface area contributed by atoms with Gasteiger partial charge in [-0.3, -0.25) is 0 Å².